The molecular formula is C15H19FO2. The van der Waals surface area contributed by atoms with Crippen molar-refractivity contribution in [3.63, 3.8) is 0 Å². The van der Waals surface area contributed by atoms with E-state index in [0.717, 1.165) is 5.56 Å². The van der Waals surface area contributed by atoms with E-state index in [9.17, 15) is 14.3 Å². The van der Waals surface area contributed by atoms with Gasteiger partial charge in [-0.2, -0.15) is 0 Å². The molecule has 2 nitrogen and oxygen atoms in total. The zero-order valence-corrected chi connectivity index (χ0v) is 11.0. The van der Waals surface area contributed by atoms with Gasteiger partial charge in [0, 0.05) is 5.92 Å². The minimum absolute atomic E-state index is 0.130. The summed E-state index contributed by atoms with van der Waals surface area (Å²) in [6, 6.07) is 5.01. The second-order valence-corrected chi connectivity index (χ2v) is 6.13. The summed E-state index contributed by atoms with van der Waals surface area (Å²) in [5.41, 5.74) is 1.39. The number of aliphatic carboxylic acids is 1. The molecule has 0 saturated heterocycles. The largest absolute Gasteiger partial charge is 0.481 e. The lowest BCUT2D eigenvalue weighted by molar-refractivity contribution is -0.144. The highest BCUT2D eigenvalue weighted by atomic mass is 19.1. The second-order valence-electron chi connectivity index (χ2n) is 6.13. The van der Waals surface area contributed by atoms with Crippen LogP contribution in [0.1, 0.15) is 44.2 Å². The van der Waals surface area contributed by atoms with Crippen molar-refractivity contribution in [3.05, 3.63) is 35.1 Å². The number of halogens is 1. The molecule has 1 aliphatic rings. The van der Waals surface area contributed by atoms with E-state index in [4.69, 9.17) is 0 Å². The van der Waals surface area contributed by atoms with Gasteiger partial charge in [0.05, 0.1) is 5.92 Å². The van der Waals surface area contributed by atoms with Gasteiger partial charge >= 0.3 is 5.97 Å². The normalized spacial score (nSPS) is 23.6. The van der Waals surface area contributed by atoms with Crippen LogP contribution in [0.15, 0.2) is 18.2 Å². The highest BCUT2D eigenvalue weighted by molar-refractivity contribution is 5.72. The molecule has 0 spiro atoms. The van der Waals surface area contributed by atoms with Gasteiger partial charge < -0.3 is 5.11 Å². The lowest BCUT2D eigenvalue weighted by Crippen LogP contribution is -2.35. The Morgan fingerprint density at radius 1 is 1.39 bits per heavy atom. The Balaban J connectivity index is 2.56. The van der Waals surface area contributed by atoms with Crippen LogP contribution in [0.4, 0.5) is 4.39 Å². The van der Waals surface area contributed by atoms with Gasteiger partial charge in [-0.25, -0.2) is 4.39 Å². The molecule has 0 bridgehead atoms. The molecule has 1 N–H and O–H groups in total. The summed E-state index contributed by atoms with van der Waals surface area (Å²) in [5, 5.41) is 9.37. The topological polar surface area (TPSA) is 37.3 Å². The van der Waals surface area contributed by atoms with Crippen LogP contribution < -0.4 is 0 Å². The first-order chi connectivity index (χ1) is 8.32. The Bertz CT molecular complexity index is 474. The van der Waals surface area contributed by atoms with Gasteiger partial charge in [-0.3, -0.25) is 4.79 Å². The fourth-order valence-electron chi connectivity index (χ4n) is 3.15. The average Bonchev–Trinajstić information content (AvgIpc) is 2.26. The highest BCUT2D eigenvalue weighted by Gasteiger charge is 2.41. The van der Waals surface area contributed by atoms with E-state index in [0.29, 0.717) is 18.4 Å². The molecule has 0 aromatic heterocycles. The maximum absolute atomic E-state index is 13.8. The van der Waals surface area contributed by atoms with E-state index in [1.54, 1.807) is 6.07 Å². The van der Waals surface area contributed by atoms with Crippen LogP contribution in [-0.4, -0.2) is 11.1 Å². The number of carboxylic acids is 1. The SMILES string of the molecule is CC(C)(C)C1c2cccc(F)c2CCC1C(=O)O. The quantitative estimate of drug-likeness (QED) is 0.826. The van der Waals surface area contributed by atoms with Crippen LogP contribution in [0.3, 0.4) is 0 Å². The number of carbonyl (C=O) groups is 1. The lowest BCUT2D eigenvalue weighted by atomic mass is 9.64. The Kier molecular flexibility index (Phi) is 3.18. The van der Waals surface area contributed by atoms with Crippen LogP contribution in [0.5, 0.6) is 0 Å². The molecule has 0 radical (unpaired) electrons. The molecule has 0 aliphatic heterocycles. The van der Waals surface area contributed by atoms with Gasteiger partial charge in [-0.15, -0.1) is 0 Å². The van der Waals surface area contributed by atoms with E-state index < -0.39 is 11.9 Å². The Labute approximate surface area is 107 Å². The number of fused-ring (bicyclic) bond motifs is 1. The Morgan fingerprint density at radius 3 is 2.61 bits per heavy atom. The van der Waals surface area contributed by atoms with Crippen molar-refractivity contribution in [2.75, 3.05) is 0 Å². The summed E-state index contributed by atoms with van der Waals surface area (Å²) < 4.78 is 13.8. The monoisotopic (exact) mass is 250 g/mol. The fourth-order valence-corrected chi connectivity index (χ4v) is 3.15. The summed E-state index contributed by atoms with van der Waals surface area (Å²) >= 11 is 0. The Hall–Kier alpha value is -1.38. The first-order valence-electron chi connectivity index (χ1n) is 6.32. The van der Waals surface area contributed by atoms with Crippen LogP contribution in [0, 0.1) is 17.2 Å². The predicted octanol–water partition coefficient (Wildman–Crippen LogP) is 3.60. The van der Waals surface area contributed by atoms with Crippen molar-refractivity contribution >= 4 is 5.97 Å². The summed E-state index contributed by atoms with van der Waals surface area (Å²) in [7, 11) is 0. The van der Waals surface area contributed by atoms with Crippen LogP contribution in [0.2, 0.25) is 0 Å². The number of carboxylic acid groups (broad SMARTS) is 1. The van der Waals surface area contributed by atoms with Crippen LogP contribution >= 0.6 is 0 Å². The molecule has 2 rings (SSSR count). The summed E-state index contributed by atoms with van der Waals surface area (Å²) in [6.07, 6.45) is 1.04. The molecule has 0 saturated carbocycles. The first kappa shape index (κ1) is 13.1. The molecule has 18 heavy (non-hydrogen) atoms. The maximum atomic E-state index is 13.8. The molecule has 98 valence electrons. The van der Waals surface area contributed by atoms with Crippen molar-refractivity contribution in [1.29, 1.82) is 0 Å². The van der Waals surface area contributed by atoms with Crippen molar-refractivity contribution in [2.24, 2.45) is 11.3 Å². The van der Waals surface area contributed by atoms with Gasteiger partial charge in [0.25, 0.3) is 0 Å². The van der Waals surface area contributed by atoms with Gasteiger partial charge in [0.2, 0.25) is 0 Å². The molecule has 0 fully saturated rings. The fraction of sp³-hybridized carbons (Fsp3) is 0.533. The number of benzene rings is 1. The minimum Gasteiger partial charge on any atom is -0.481 e. The second kappa shape index (κ2) is 4.38. The molecule has 3 heteroatoms. The molecule has 0 heterocycles. The summed E-state index contributed by atoms with van der Waals surface area (Å²) in [4.78, 5) is 11.4. The average molecular weight is 250 g/mol. The third-order valence-electron chi connectivity index (χ3n) is 3.85. The van der Waals surface area contributed by atoms with Gasteiger partial charge in [-0.1, -0.05) is 32.9 Å². The molecule has 1 aromatic rings. The smallest absolute Gasteiger partial charge is 0.307 e. The minimum atomic E-state index is -0.773. The first-order valence-corrected chi connectivity index (χ1v) is 6.32. The van der Waals surface area contributed by atoms with E-state index in [2.05, 4.69) is 0 Å². The van der Waals surface area contributed by atoms with Crippen molar-refractivity contribution in [1.82, 2.24) is 0 Å². The summed E-state index contributed by atoms with van der Waals surface area (Å²) in [6.45, 7) is 6.06. The van der Waals surface area contributed by atoms with E-state index in [1.807, 2.05) is 26.8 Å². The van der Waals surface area contributed by atoms with Crippen LogP contribution in [0.25, 0.3) is 0 Å². The summed E-state index contributed by atoms with van der Waals surface area (Å²) in [5.74, 6) is -1.52. The third kappa shape index (κ3) is 2.14. The van der Waals surface area contributed by atoms with Crippen LogP contribution in [-0.2, 0) is 11.2 Å². The third-order valence-corrected chi connectivity index (χ3v) is 3.85. The zero-order valence-electron chi connectivity index (χ0n) is 11.0. The van der Waals surface area contributed by atoms with E-state index in [1.165, 1.54) is 6.07 Å². The molecule has 1 aromatic carbocycles. The maximum Gasteiger partial charge on any atom is 0.307 e. The van der Waals surface area contributed by atoms with E-state index in [-0.39, 0.29) is 17.2 Å². The van der Waals surface area contributed by atoms with Gasteiger partial charge in [-0.05, 0) is 35.4 Å². The number of rotatable bonds is 1. The lowest BCUT2D eigenvalue weighted by Gasteiger charge is -2.40. The van der Waals surface area contributed by atoms with Crippen molar-refractivity contribution in [3.8, 4) is 0 Å². The highest BCUT2D eigenvalue weighted by Crippen LogP contribution is 2.47. The Morgan fingerprint density at radius 2 is 2.06 bits per heavy atom. The molecule has 0 amide bonds. The molecule has 1 aliphatic carbocycles. The molecule has 2 unspecified atom stereocenters. The zero-order chi connectivity index (χ0) is 13.5. The van der Waals surface area contributed by atoms with Gasteiger partial charge in [0.15, 0.2) is 0 Å². The standard InChI is InChI=1S/C15H19FO2/c1-15(2,3)13-10-5-4-6-12(16)9(10)7-8-11(13)14(17)18/h4-6,11,13H,7-8H2,1-3H3,(H,17,18). The predicted molar refractivity (Wildman–Crippen MR) is 68.0 cm³/mol. The number of hydrogen-bond donors (Lipinski definition) is 1. The number of hydrogen-bond acceptors (Lipinski definition) is 1. The van der Waals surface area contributed by atoms with Gasteiger partial charge in [0.1, 0.15) is 5.82 Å². The molecular weight excluding hydrogens is 231 g/mol. The van der Waals surface area contributed by atoms with E-state index >= 15 is 0 Å². The molecule has 2 atom stereocenters. The van der Waals surface area contributed by atoms with Crippen molar-refractivity contribution in [2.45, 2.75) is 39.5 Å². The van der Waals surface area contributed by atoms with Crippen molar-refractivity contribution < 1.29 is 14.3 Å².